The van der Waals surface area contributed by atoms with E-state index in [1.807, 2.05) is 30.3 Å². The Kier molecular flexibility index (Phi) is 2.65. The lowest BCUT2D eigenvalue weighted by molar-refractivity contribution is 0.276. The Morgan fingerprint density at radius 3 is 2.53 bits per heavy atom. The molecule has 0 atom stereocenters. The van der Waals surface area contributed by atoms with Gasteiger partial charge in [0.15, 0.2) is 5.43 Å². The third-order valence-corrected chi connectivity index (χ3v) is 2.19. The van der Waals surface area contributed by atoms with E-state index in [9.17, 15) is 4.79 Å². The van der Waals surface area contributed by atoms with Gasteiger partial charge >= 0.3 is 0 Å². The molecule has 2 rings (SSSR count). The largest absolute Gasteiger partial charge is 0.471 e. The van der Waals surface area contributed by atoms with Crippen LogP contribution in [0.15, 0.2) is 52.1 Å². The van der Waals surface area contributed by atoms with Gasteiger partial charge in [0.05, 0.1) is 24.0 Å². The number of rotatable bonds is 2. The van der Waals surface area contributed by atoms with Crippen LogP contribution < -0.4 is 5.43 Å². The van der Waals surface area contributed by atoms with Gasteiger partial charge in [-0.3, -0.25) is 4.79 Å². The van der Waals surface area contributed by atoms with E-state index in [0.717, 1.165) is 5.56 Å². The van der Waals surface area contributed by atoms with Gasteiger partial charge in [-0.15, -0.1) is 0 Å². The summed E-state index contributed by atoms with van der Waals surface area (Å²) in [4.78, 5) is 11.8. The predicted molar refractivity (Wildman–Crippen MR) is 56.3 cm³/mol. The summed E-state index contributed by atoms with van der Waals surface area (Å²) < 4.78 is 5.01. The zero-order chi connectivity index (χ0) is 10.7. The fourth-order valence-electron chi connectivity index (χ4n) is 1.39. The topological polar surface area (TPSA) is 50.4 Å². The summed E-state index contributed by atoms with van der Waals surface area (Å²) >= 11 is 0. The average Bonchev–Trinajstić information content (AvgIpc) is 2.30. The normalized spacial score (nSPS) is 10.2. The summed E-state index contributed by atoms with van der Waals surface area (Å²) in [7, 11) is 0. The molecule has 0 spiro atoms. The molecule has 76 valence electrons. The van der Waals surface area contributed by atoms with E-state index in [4.69, 9.17) is 9.52 Å². The summed E-state index contributed by atoms with van der Waals surface area (Å²) in [6.07, 6.45) is 2.67. The van der Waals surface area contributed by atoms with Crippen LogP contribution in [0.5, 0.6) is 0 Å². The van der Waals surface area contributed by atoms with E-state index < -0.39 is 0 Å². The van der Waals surface area contributed by atoms with Gasteiger partial charge in [-0.2, -0.15) is 0 Å². The van der Waals surface area contributed by atoms with Crippen molar-refractivity contribution in [2.24, 2.45) is 0 Å². The first kappa shape index (κ1) is 9.68. The lowest BCUT2D eigenvalue weighted by Gasteiger charge is -2.00. The van der Waals surface area contributed by atoms with Crippen molar-refractivity contribution in [1.29, 1.82) is 0 Å². The average molecular weight is 202 g/mol. The van der Waals surface area contributed by atoms with Gasteiger partial charge in [0.1, 0.15) is 6.26 Å². The molecule has 0 fully saturated rings. The smallest absolute Gasteiger partial charge is 0.198 e. The molecular weight excluding hydrogens is 192 g/mol. The maximum atomic E-state index is 11.8. The second-order valence-corrected chi connectivity index (χ2v) is 3.16. The van der Waals surface area contributed by atoms with Gasteiger partial charge in [-0.1, -0.05) is 30.3 Å². The molecule has 0 aliphatic heterocycles. The molecule has 0 aliphatic rings. The quantitative estimate of drug-likeness (QED) is 0.807. The molecule has 15 heavy (non-hydrogen) atoms. The van der Waals surface area contributed by atoms with Crippen LogP contribution >= 0.6 is 0 Å². The van der Waals surface area contributed by atoms with Gasteiger partial charge in [0.25, 0.3) is 0 Å². The van der Waals surface area contributed by atoms with Crippen LogP contribution in [-0.4, -0.2) is 5.11 Å². The zero-order valence-electron chi connectivity index (χ0n) is 8.01. The van der Waals surface area contributed by atoms with E-state index in [2.05, 4.69) is 0 Å². The van der Waals surface area contributed by atoms with E-state index in [-0.39, 0.29) is 17.6 Å². The molecule has 1 heterocycles. The lowest BCUT2D eigenvalue weighted by atomic mass is 10.1. The lowest BCUT2D eigenvalue weighted by Crippen LogP contribution is -2.10. The summed E-state index contributed by atoms with van der Waals surface area (Å²) in [5, 5.41) is 8.93. The Hall–Kier alpha value is -1.87. The Bertz CT molecular complexity index is 500. The number of hydrogen-bond acceptors (Lipinski definition) is 3. The SMILES string of the molecule is O=c1c(CO)cocc1-c1ccccc1. The molecule has 0 saturated carbocycles. The van der Waals surface area contributed by atoms with E-state index in [0.29, 0.717) is 5.56 Å². The molecule has 0 bridgehead atoms. The fraction of sp³-hybridized carbons (Fsp3) is 0.0833. The van der Waals surface area contributed by atoms with Crippen molar-refractivity contribution in [2.45, 2.75) is 6.61 Å². The maximum absolute atomic E-state index is 11.8. The van der Waals surface area contributed by atoms with Crippen molar-refractivity contribution in [1.82, 2.24) is 0 Å². The van der Waals surface area contributed by atoms with E-state index >= 15 is 0 Å². The minimum absolute atomic E-state index is 0.185. The van der Waals surface area contributed by atoms with Crippen LogP contribution in [-0.2, 0) is 6.61 Å². The van der Waals surface area contributed by atoms with E-state index in [1.165, 1.54) is 12.5 Å². The summed E-state index contributed by atoms with van der Waals surface area (Å²) in [6.45, 7) is -0.303. The monoisotopic (exact) mass is 202 g/mol. The molecule has 0 amide bonds. The van der Waals surface area contributed by atoms with Gasteiger partial charge in [-0.25, -0.2) is 0 Å². The highest BCUT2D eigenvalue weighted by atomic mass is 16.3. The van der Waals surface area contributed by atoms with Crippen LogP contribution in [0.25, 0.3) is 11.1 Å². The number of hydrogen-bond donors (Lipinski definition) is 1. The molecule has 3 nitrogen and oxygen atoms in total. The highest BCUT2D eigenvalue weighted by Gasteiger charge is 2.07. The van der Waals surface area contributed by atoms with Crippen molar-refractivity contribution in [3.8, 4) is 11.1 Å². The summed E-state index contributed by atoms with van der Waals surface area (Å²) in [5.41, 5.74) is 1.36. The van der Waals surface area contributed by atoms with Crippen LogP contribution in [0.1, 0.15) is 5.56 Å². The molecule has 0 radical (unpaired) electrons. The molecule has 2 aromatic rings. The summed E-state index contributed by atoms with van der Waals surface area (Å²) in [6, 6.07) is 9.22. The highest BCUT2D eigenvalue weighted by Crippen LogP contribution is 2.14. The fourth-order valence-corrected chi connectivity index (χ4v) is 1.39. The Labute approximate surface area is 86.6 Å². The molecule has 0 unspecified atom stereocenters. The van der Waals surface area contributed by atoms with Crippen LogP contribution in [0, 0.1) is 0 Å². The van der Waals surface area contributed by atoms with Crippen LogP contribution in [0.2, 0.25) is 0 Å². The molecule has 3 heteroatoms. The van der Waals surface area contributed by atoms with Crippen molar-refractivity contribution in [2.75, 3.05) is 0 Å². The standard InChI is InChI=1S/C12H10O3/c13-6-10-7-15-8-11(12(10)14)9-4-2-1-3-5-9/h1-5,7-8,13H,6H2. The number of aliphatic hydroxyl groups is 1. The number of aliphatic hydroxyl groups excluding tert-OH is 1. The molecule has 0 aliphatic carbocycles. The van der Waals surface area contributed by atoms with Crippen LogP contribution in [0.4, 0.5) is 0 Å². The molecule has 1 aromatic carbocycles. The van der Waals surface area contributed by atoms with Crippen molar-refractivity contribution in [3.05, 3.63) is 58.6 Å². The molecule has 0 saturated heterocycles. The third kappa shape index (κ3) is 1.82. The summed E-state index contributed by atoms with van der Waals surface area (Å²) in [5.74, 6) is 0. The molecule has 1 aromatic heterocycles. The Morgan fingerprint density at radius 2 is 1.87 bits per heavy atom. The van der Waals surface area contributed by atoms with Crippen LogP contribution in [0.3, 0.4) is 0 Å². The van der Waals surface area contributed by atoms with Crippen molar-refractivity contribution >= 4 is 0 Å². The minimum atomic E-state index is -0.303. The maximum Gasteiger partial charge on any atom is 0.198 e. The van der Waals surface area contributed by atoms with Gasteiger partial charge in [0.2, 0.25) is 0 Å². The van der Waals surface area contributed by atoms with Gasteiger partial charge in [0, 0.05) is 0 Å². The second-order valence-electron chi connectivity index (χ2n) is 3.16. The Balaban J connectivity index is 2.60. The first-order chi connectivity index (χ1) is 7.33. The molecular formula is C12H10O3. The zero-order valence-corrected chi connectivity index (χ0v) is 8.01. The van der Waals surface area contributed by atoms with E-state index in [1.54, 1.807) is 0 Å². The van der Waals surface area contributed by atoms with Crippen molar-refractivity contribution in [3.63, 3.8) is 0 Å². The third-order valence-electron chi connectivity index (χ3n) is 2.19. The Morgan fingerprint density at radius 1 is 1.13 bits per heavy atom. The minimum Gasteiger partial charge on any atom is -0.471 e. The van der Waals surface area contributed by atoms with Gasteiger partial charge in [-0.05, 0) is 5.56 Å². The van der Waals surface area contributed by atoms with Crippen molar-refractivity contribution < 1.29 is 9.52 Å². The predicted octanol–water partition coefficient (Wildman–Crippen LogP) is 1.80. The second kappa shape index (κ2) is 4.11. The first-order valence-electron chi connectivity index (χ1n) is 4.58. The number of benzene rings is 1. The highest BCUT2D eigenvalue weighted by molar-refractivity contribution is 5.62. The molecule has 1 N–H and O–H groups in total. The first-order valence-corrected chi connectivity index (χ1v) is 4.58. The van der Waals surface area contributed by atoms with Gasteiger partial charge < -0.3 is 9.52 Å².